The molecule has 2 aromatic heterocycles. The molecule has 3 unspecified atom stereocenters. The maximum absolute atomic E-state index is 14.4. The number of aromatic nitrogens is 2. The Morgan fingerprint density at radius 1 is 1.14 bits per heavy atom. The second-order valence-corrected chi connectivity index (χ2v) is 14.0. The minimum absolute atomic E-state index is 0.0433. The number of nitrogens with zero attached hydrogens (tertiary/aromatic N) is 4. The molecule has 0 bridgehead atoms. The maximum atomic E-state index is 14.4. The van der Waals surface area contributed by atoms with Crippen LogP contribution in [0.4, 0.5) is 13.2 Å². The SMILES string of the molecule is COC1(C)CC([C@@H](C2CCCC(n3cc4c(C(F)(F)F)cc(CN5CCC[C@H](C)C5)cn4c3=O)C2)C2NNCN2C)C1. The van der Waals surface area contributed by atoms with Crippen molar-refractivity contribution >= 4 is 5.52 Å². The second-order valence-electron chi connectivity index (χ2n) is 14.0. The number of pyridine rings is 1. The van der Waals surface area contributed by atoms with Gasteiger partial charge in [-0.3, -0.25) is 18.8 Å². The van der Waals surface area contributed by atoms with E-state index in [9.17, 15) is 18.0 Å². The zero-order chi connectivity index (χ0) is 29.8. The van der Waals surface area contributed by atoms with Gasteiger partial charge in [0.15, 0.2) is 0 Å². The fourth-order valence-corrected chi connectivity index (χ4v) is 8.59. The van der Waals surface area contributed by atoms with Gasteiger partial charge in [-0.25, -0.2) is 15.6 Å². The van der Waals surface area contributed by atoms with E-state index in [4.69, 9.17) is 4.74 Å². The van der Waals surface area contributed by atoms with Gasteiger partial charge in [0.2, 0.25) is 0 Å². The number of halogens is 3. The van der Waals surface area contributed by atoms with Crippen LogP contribution in [0.2, 0.25) is 0 Å². The Hall–Kier alpha value is -1.92. The molecule has 2 N–H and O–H groups in total. The van der Waals surface area contributed by atoms with E-state index in [2.05, 4.69) is 41.5 Å². The lowest BCUT2D eigenvalue weighted by Crippen LogP contribution is -2.55. The van der Waals surface area contributed by atoms with Crippen molar-refractivity contribution in [3.05, 3.63) is 40.1 Å². The molecule has 4 fully saturated rings. The molecule has 5 atom stereocenters. The van der Waals surface area contributed by atoms with Crippen molar-refractivity contribution in [2.24, 2.45) is 23.7 Å². The number of fused-ring (bicyclic) bond motifs is 1. The number of nitrogens with one attached hydrogen (secondary N) is 2. The van der Waals surface area contributed by atoms with E-state index in [1.54, 1.807) is 17.9 Å². The minimum atomic E-state index is -4.54. The number of likely N-dealkylation sites (tertiary alicyclic amines) is 1. The van der Waals surface area contributed by atoms with Gasteiger partial charge >= 0.3 is 11.9 Å². The van der Waals surface area contributed by atoms with Crippen LogP contribution in [-0.4, -0.2) is 64.5 Å². The summed E-state index contributed by atoms with van der Waals surface area (Å²) in [5.41, 5.74) is 6.08. The average molecular weight is 593 g/mol. The van der Waals surface area contributed by atoms with Gasteiger partial charge in [-0.15, -0.1) is 0 Å². The molecule has 42 heavy (non-hydrogen) atoms. The first kappa shape index (κ1) is 30.1. The number of imidazole rings is 1. The molecule has 4 aliphatic rings. The van der Waals surface area contributed by atoms with Crippen LogP contribution < -0.4 is 16.5 Å². The first-order valence-electron chi connectivity index (χ1n) is 15.8. The summed E-state index contributed by atoms with van der Waals surface area (Å²) in [7, 11) is 3.90. The zero-order valence-electron chi connectivity index (χ0n) is 25.4. The van der Waals surface area contributed by atoms with E-state index in [0.717, 1.165) is 71.1 Å². The van der Waals surface area contributed by atoms with E-state index in [1.807, 2.05) is 0 Å². The van der Waals surface area contributed by atoms with Crippen molar-refractivity contribution in [3.8, 4) is 0 Å². The summed E-state index contributed by atoms with van der Waals surface area (Å²) in [6.45, 7) is 7.27. The van der Waals surface area contributed by atoms with E-state index >= 15 is 0 Å². The predicted octanol–water partition coefficient (Wildman–Crippen LogP) is 4.84. The van der Waals surface area contributed by atoms with Gasteiger partial charge < -0.3 is 4.74 Å². The highest BCUT2D eigenvalue weighted by Gasteiger charge is 2.50. The van der Waals surface area contributed by atoms with E-state index in [1.165, 1.54) is 16.7 Å². The minimum Gasteiger partial charge on any atom is -0.379 e. The molecular formula is C31H47F3N6O2. The summed E-state index contributed by atoms with van der Waals surface area (Å²) in [5.74, 6) is 1.71. The molecule has 0 radical (unpaired) electrons. The van der Waals surface area contributed by atoms with Crippen molar-refractivity contribution < 1.29 is 17.9 Å². The molecule has 8 nitrogen and oxygen atoms in total. The lowest BCUT2D eigenvalue weighted by molar-refractivity contribution is -0.136. The number of hydrogen-bond donors (Lipinski definition) is 2. The lowest BCUT2D eigenvalue weighted by atomic mass is 9.60. The molecule has 11 heteroatoms. The van der Waals surface area contributed by atoms with Crippen molar-refractivity contribution in [1.82, 2.24) is 29.6 Å². The maximum Gasteiger partial charge on any atom is 0.418 e. The Kier molecular flexibility index (Phi) is 8.28. The monoisotopic (exact) mass is 592 g/mol. The molecular weight excluding hydrogens is 545 g/mol. The molecule has 0 aromatic carbocycles. The van der Waals surface area contributed by atoms with E-state index < -0.39 is 11.7 Å². The summed E-state index contributed by atoms with van der Waals surface area (Å²) in [4.78, 5) is 18.3. The van der Waals surface area contributed by atoms with Crippen LogP contribution in [0.15, 0.2) is 23.3 Å². The van der Waals surface area contributed by atoms with Gasteiger partial charge in [0, 0.05) is 38.6 Å². The molecule has 2 aromatic rings. The summed E-state index contributed by atoms with van der Waals surface area (Å²) in [6, 6.07) is 1.13. The number of methoxy groups -OCH3 is 1. The molecule has 6 rings (SSSR count). The number of hydrogen-bond acceptors (Lipinski definition) is 6. The molecule has 0 spiro atoms. The smallest absolute Gasteiger partial charge is 0.379 e. The highest BCUT2D eigenvalue weighted by Crippen LogP contribution is 2.51. The van der Waals surface area contributed by atoms with E-state index in [0.29, 0.717) is 35.8 Å². The van der Waals surface area contributed by atoms with Crippen LogP contribution in [0.5, 0.6) is 0 Å². The molecule has 2 saturated heterocycles. The van der Waals surface area contributed by atoms with Crippen LogP contribution in [0.25, 0.3) is 5.52 Å². The summed E-state index contributed by atoms with van der Waals surface area (Å²) >= 11 is 0. The lowest BCUT2D eigenvalue weighted by Gasteiger charge is -2.52. The van der Waals surface area contributed by atoms with Crippen molar-refractivity contribution in [2.75, 3.05) is 33.9 Å². The number of piperidine rings is 1. The highest BCUT2D eigenvalue weighted by molar-refractivity contribution is 5.56. The zero-order valence-corrected chi connectivity index (χ0v) is 25.4. The largest absolute Gasteiger partial charge is 0.418 e. The predicted molar refractivity (Wildman–Crippen MR) is 156 cm³/mol. The van der Waals surface area contributed by atoms with Crippen LogP contribution in [0.1, 0.15) is 82.4 Å². The van der Waals surface area contributed by atoms with Gasteiger partial charge in [-0.05, 0) is 101 Å². The Labute approximate surface area is 246 Å². The van der Waals surface area contributed by atoms with Crippen LogP contribution in [-0.2, 0) is 17.5 Å². The summed E-state index contributed by atoms with van der Waals surface area (Å²) in [5, 5.41) is 0. The Balaban J connectivity index is 1.30. The summed E-state index contributed by atoms with van der Waals surface area (Å²) < 4.78 is 51.7. The van der Waals surface area contributed by atoms with E-state index in [-0.39, 0.29) is 29.0 Å². The van der Waals surface area contributed by atoms with Crippen LogP contribution in [0, 0.1) is 23.7 Å². The molecule has 2 aliphatic carbocycles. The molecule has 2 aliphatic heterocycles. The Bertz CT molecular complexity index is 1320. The van der Waals surface area contributed by atoms with Crippen LogP contribution >= 0.6 is 0 Å². The third-order valence-corrected chi connectivity index (χ3v) is 10.8. The third kappa shape index (κ3) is 5.79. The fraction of sp³-hybridized carbons (Fsp3) is 0.774. The molecule has 4 heterocycles. The highest BCUT2D eigenvalue weighted by atomic mass is 19.4. The molecule has 234 valence electrons. The first-order chi connectivity index (χ1) is 20.0. The number of alkyl halides is 3. The second kappa shape index (κ2) is 11.5. The molecule has 2 saturated carbocycles. The van der Waals surface area contributed by atoms with Crippen molar-refractivity contribution in [1.29, 1.82) is 0 Å². The van der Waals surface area contributed by atoms with Gasteiger partial charge in [-0.1, -0.05) is 13.3 Å². The topological polar surface area (TPSA) is 66.2 Å². The quantitative estimate of drug-likeness (QED) is 0.480. The van der Waals surface area contributed by atoms with Gasteiger partial charge in [0.25, 0.3) is 0 Å². The average Bonchev–Trinajstić information content (AvgIpc) is 3.50. The Morgan fingerprint density at radius 3 is 2.60 bits per heavy atom. The number of hydrazine groups is 1. The molecule has 0 amide bonds. The Morgan fingerprint density at radius 2 is 1.93 bits per heavy atom. The normalized spacial score (nSPS) is 34.1. The van der Waals surface area contributed by atoms with Crippen molar-refractivity contribution in [2.45, 2.75) is 95.7 Å². The van der Waals surface area contributed by atoms with Gasteiger partial charge in [-0.2, -0.15) is 13.2 Å². The van der Waals surface area contributed by atoms with Gasteiger partial charge in [0.05, 0.1) is 29.5 Å². The van der Waals surface area contributed by atoms with Crippen LogP contribution in [0.3, 0.4) is 0 Å². The standard InChI is InChI=1S/C31H47F3N6O2/c1-20-7-6-10-38(15-20)16-21-11-25(31(32,33)34)26-18-39(29(41)40(26)17-21)24-9-5-8-22(12-24)27(28-36-35-19-37(28)3)23-13-30(2,14-23)42-4/h11,17-18,20,22-24,27-28,35-36H,5-10,12-16,19H2,1-4H3/t20-,22?,23?,24?,27+,28?,30?/m0/s1. The number of rotatable bonds is 7. The van der Waals surface area contributed by atoms with Gasteiger partial charge in [0.1, 0.15) is 0 Å². The van der Waals surface area contributed by atoms with Crippen molar-refractivity contribution in [3.63, 3.8) is 0 Å². The first-order valence-corrected chi connectivity index (χ1v) is 15.8. The number of ether oxygens (including phenoxy) is 1. The fourth-order valence-electron chi connectivity index (χ4n) is 8.59. The summed E-state index contributed by atoms with van der Waals surface area (Å²) in [6.07, 6.45) is 6.52. The third-order valence-electron chi connectivity index (χ3n) is 10.8.